The van der Waals surface area contributed by atoms with Gasteiger partial charge in [-0.3, -0.25) is 0 Å². The Labute approximate surface area is 97.7 Å². The van der Waals surface area contributed by atoms with Crippen LogP contribution in [0.5, 0.6) is 0 Å². The van der Waals surface area contributed by atoms with Gasteiger partial charge in [0.25, 0.3) is 0 Å². The summed E-state index contributed by atoms with van der Waals surface area (Å²) in [5.74, 6) is 1.75. The predicted octanol–water partition coefficient (Wildman–Crippen LogP) is 1.76. The van der Waals surface area contributed by atoms with Crippen molar-refractivity contribution >= 4 is 5.69 Å². The number of nitrogens with one attached hydrogen (secondary N) is 1. The molecule has 0 bridgehead atoms. The fraction of sp³-hybridized carbons (Fsp3) is 0.667. The van der Waals surface area contributed by atoms with Crippen molar-refractivity contribution in [2.45, 2.75) is 33.1 Å². The largest absolute Gasteiger partial charge is 0.396 e. The second-order valence-electron chi connectivity index (χ2n) is 4.21. The van der Waals surface area contributed by atoms with Crippen LogP contribution in [0, 0.1) is 12.8 Å². The molecular formula is C12H22N4. The molecule has 0 amide bonds. The van der Waals surface area contributed by atoms with Gasteiger partial charge in [-0.05, 0) is 38.8 Å². The Hall–Kier alpha value is -1.16. The molecule has 1 aromatic rings. The number of hydrogen-bond acceptors (Lipinski definition) is 4. The van der Waals surface area contributed by atoms with Gasteiger partial charge < -0.3 is 11.1 Å². The van der Waals surface area contributed by atoms with Gasteiger partial charge >= 0.3 is 0 Å². The molecular weight excluding hydrogens is 200 g/mol. The van der Waals surface area contributed by atoms with Crippen LogP contribution in [0.1, 0.15) is 32.0 Å². The Morgan fingerprint density at radius 3 is 2.56 bits per heavy atom. The lowest BCUT2D eigenvalue weighted by Crippen LogP contribution is -2.08. The molecule has 90 valence electrons. The van der Waals surface area contributed by atoms with Gasteiger partial charge in [-0.1, -0.05) is 13.3 Å². The van der Waals surface area contributed by atoms with Crippen LogP contribution < -0.4 is 11.1 Å². The van der Waals surface area contributed by atoms with Crippen LogP contribution >= 0.6 is 0 Å². The van der Waals surface area contributed by atoms with Crippen molar-refractivity contribution in [3.8, 4) is 0 Å². The maximum absolute atomic E-state index is 5.30. The summed E-state index contributed by atoms with van der Waals surface area (Å²) in [4.78, 5) is 7.69. The van der Waals surface area contributed by atoms with Crippen molar-refractivity contribution in [2.24, 2.45) is 5.92 Å². The Bertz CT molecular complexity index is 257. The van der Waals surface area contributed by atoms with Gasteiger partial charge in [0.2, 0.25) is 0 Å². The number of nitrogens with zero attached hydrogens (tertiary/aromatic N) is 2. The molecule has 1 atom stereocenters. The Kier molecular flexibility index (Phi) is 5.78. The van der Waals surface area contributed by atoms with E-state index in [-0.39, 0.29) is 0 Å². The number of rotatable bonds is 2. The lowest BCUT2D eigenvalue weighted by atomic mass is 10.0. The molecule has 1 fully saturated rings. The van der Waals surface area contributed by atoms with E-state index in [1.54, 1.807) is 12.4 Å². The minimum absolute atomic E-state index is 0.607. The highest BCUT2D eigenvalue weighted by molar-refractivity contribution is 5.29. The summed E-state index contributed by atoms with van der Waals surface area (Å²) in [6, 6.07) is 0. The average Bonchev–Trinajstić information content (AvgIpc) is 2.77. The van der Waals surface area contributed by atoms with Gasteiger partial charge in [-0.25, -0.2) is 9.97 Å². The van der Waals surface area contributed by atoms with Crippen LogP contribution in [0.2, 0.25) is 0 Å². The second-order valence-corrected chi connectivity index (χ2v) is 4.21. The van der Waals surface area contributed by atoms with Crippen LogP contribution in [0.15, 0.2) is 12.4 Å². The molecule has 0 aromatic carbocycles. The SMILES string of the molecule is CCCC1CCNC1.Cc1ncc(N)cn1. The third-order valence-electron chi connectivity index (χ3n) is 2.66. The second kappa shape index (κ2) is 7.17. The van der Waals surface area contributed by atoms with Crippen LogP contribution in [-0.2, 0) is 0 Å². The molecule has 4 heteroatoms. The summed E-state index contributed by atoms with van der Waals surface area (Å²) in [5, 5.41) is 3.36. The first-order valence-electron chi connectivity index (χ1n) is 5.97. The molecule has 2 rings (SSSR count). The topological polar surface area (TPSA) is 63.8 Å². The number of anilines is 1. The van der Waals surface area contributed by atoms with Crippen LogP contribution in [0.4, 0.5) is 5.69 Å². The first-order valence-corrected chi connectivity index (χ1v) is 5.97. The van der Waals surface area contributed by atoms with Crippen LogP contribution in [0.25, 0.3) is 0 Å². The normalized spacial score (nSPS) is 19.0. The Morgan fingerprint density at radius 1 is 1.44 bits per heavy atom. The number of aryl methyl sites for hydroxylation is 1. The molecule has 1 aliphatic heterocycles. The van der Waals surface area contributed by atoms with Crippen molar-refractivity contribution in [2.75, 3.05) is 18.8 Å². The van der Waals surface area contributed by atoms with E-state index in [9.17, 15) is 0 Å². The lowest BCUT2D eigenvalue weighted by molar-refractivity contribution is 0.525. The zero-order chi connectivity index (χ0) is 11.8. The summed E-state index contributed by atoms with van der Waals surface area (Å²) < 4.78 is 0. The van der Waals surface area contributed by atoms with E-state index in [1.165, 1.54) is 32.4 Å². The minimum Gasteiger partial charge on any atom is -0.396 e. The maximum Gasteiger partial charge on any atom is 0.125 e. The van der Waals surface area contributed by atoms with Crippen molar-refractivity contribution in [3.63, 3.8) is 0 Å². The average molecular weight is 222 g/mol. The lowest BCUT2D eigenvalue weighted by Gasteiger charge is -2.02. The summed E-state index contributed by atoms with van der Waals surface area (Å²) >= 11 is 0. The van der Waals surface area contributed by atoms with Crippen LogP contribution in [-0.4, -0.2) is 23.1 Å². The predicted molar refractivity (Wildman–Crippen MR) is 67.1 cm³/mol. The molecule has 3 N–H and O–H groups in total. The van der Waals surface area contributed by atoms with Gasteiger partial charge in [0.1, 0.15) is 5.82 Å². The highest BCUT2D eigenvalue weighted by atomic mass is 14.9. The fourth-order valence-corrected chi connectivity index (χ4v) is 1.77. The minimum atomic E-state index is 0.607. The van der Waals surface area contributed by atoms with E-state index in [0.717, 1.165) is 11.7 Å². The van der Waals surface area contributed by atoms with Crippen molar-refractivity contribution in [3.05, 3.63) is 18.2 Å². The van der Waals surface area contributed by atoms with Gasteiger partial charge in [0.05, 0.1) is 18.1 Å². The summed E-state index contributed by atoms with van der Waals surface area (Å²) in [7, 11) is 0. The van der Waals surface area contributed by atoms with Gasteiger partial charge in [-0.2, -0.15) is 0 Å². The first kappa shape index (κ1) is 12.9. The molecule has 2 heterocycles. The van der Waals surface area contributed by atoms with E-state index in [0.29, 0.717) is 5.69 Å². The van der Waals surface area contributed by atoms with E-state index >= 15 is 0 Å². The molecule has 1 saturated heterocycles. The van der Waals surface area contributed by atoms with Crippen molar-refractivity contribution in [1.29, 1.82) is 0 Å². The number of nitrogens with two attached hydrogens (primary N) is 1. The monoisotopic (exact) mass is 222 g/mol. The van der Waals surface area contributed by atoms with E-state index in [1.807, 2.05) is 6.92 Å². The molecule has 16 heavy (non-hydrogen) atoms. The third-order valence-corrected chi connectivity index (χ3v) is 2.66. The molecule has 0 aliphatic carbocycles. The summed E-state index contributed by atoms with van der Waals surface area (Å²) in [6.07, 6.45) is 7.36. The molecule has 0 saturated carbocycles. The Balaban J connectivity index is 0.000000160. The van der Waals surface area contributed by atoms with E-state index in [2.05, 4.69) is 22.2 Å². The van der Waals surface area contributed by atoms with E-state index in [4.69, 9.17) is 5.73 Å². The maximum atomic E-state index is 5.30. The number of hydrogen-bond donors (Lipinski definition) is 2. The third kappa shape index (κ3) is 5.07. The molecule has 0 spiro atoms. The highest BCUT2D eigenvalue weighted by Crippen LogP contribution is 2.12. The molecule has 0 radical (unpaired) electrons. The first-order chi connectivity index (χ1) is 7.72. The summed E-state index contributed by atoms with van der Waals surface area (Å²) in [6.45, 7) is 6.61. The van der Waals surface area contributed by atoms with Crippen molar-refractivity contribution < 1.29 is 0 Å². The molecule has 1 aromatic heterocycles. The molecule has 1 unspecified atom stereocenters. The quantitative estimate of drug-likeness (QED) is 0.800. The van der Waals surface area contributed by atoms with Gasteiger partial charge in [-0.15, -0.1) is 0 Å². The molecule has 4 nitrogen and oxygen atoms in total. The van der Waals surface area contributed by atoms with Crippen LogP contribution in [0.3, 0.4) is 0 Å². The number of nitrogen functional groups attached to an aromatic ring is 1. The molecule has 1 aliphatic rings. The van der Waals surface area contributed by atoms with Gasteiger partial charge in [0.15, 0.2) is 0 Å². The summed E-state index contributed by atoms with van der Waals surface area (Å²) in [5.41, 5.74) is 5.91. The van der Waals surface area contributed by atoms with E-state index < -0.39 is 0 Å². The highest BCUT2D eigenvalue weighted by Gasteiger charge is 2.11. The zero-order valence-corrected chi connectivity index (χ0v) is 10.2. The fourth-order valence-electron chi connectivity index (χ4n) is 1.77. The zero-order valence-electron chi connectivity index (χ0n) is 10.2. The standard InChI is InChI=1S/C7H15N.C5H7N3/c1-2-3-7-4-5-8-6-7;1-4-7-2-5(6)3-8-4/h7-8H,2-6H2,1H3;2-3H,6H2,1H3. The van der Waals surface area contributed by atoms with Gasteiger partial charge in [0, 0.05) is 0 Å². The Morgan fingerprint density at radius 2 is 2.12 bits per heavy atom. The van der Waals surface area contributed by atoms with Crippen molar-refractivity contribution in [1.82, 2.24) is 15.3 Å². The smallest absolute Gasteiger partial charge is 0.125 e. The number of aromatic nitrogens is 2.